The van der Waals surface area contributed by atoms with Gasteiger partial charge >= 0.3 is 0 Å². The predicted molar refractivity (Wildman–Crippen MR) is 75.3 cm³/mol. The van der Waals surface area contributed by atoms with Crippen LogP contribution in [0.4, 0.5) is 11.4 Å². The zero-order valence-corrected chi connectivity index (χ0v) is 11.8. The van der Waals surface area contributed by atoms with Crippen LogP contribution in [0, 0.1) is 16.7 Å². The maximum Gasteiger partial charge on any atom is 0.231 e. The van der Waals surface area contributed by atoms with Crippen molar-refractivity contribution in [2.45, 2.75) is 27.7 Å². The van der Waals surface area contributed by atoms with E-state index in [4.69, 9.17) is 5.73 Å². The molecule has 1 fully saturated rings. The Balaban J connectivity index is 2.25. The highest BCUT2D eigenvalue weighted by Crippen LogP contribution is 2.68. The van der Waals surface area contributed by atoms with Crippen molar-refractivity contribution in [2.24, 2.45) is 16.7 Å². The molecule has 0 aliphatic heterocycles. The van der Waals surface area contributed by atoms with Crippen LogP contribution in [0.1, 0.15) is 27.7 Å². The molecule has 0 unspecified atom stereocenters. The molecule has 1 aromatic carbocycles. The van der Waals surface area contributed by atoms with Crippen LogP contribution in [-0.2, 0) is 4.79 Å². The number of hydrogen-bond donors (Lipinski definition) is 1. The second kappa shape index (κ2) is 3.74. The van der Waals surface area contributed by atoms with Gasteiger partial charge in [-0.25, -0.2) is 0 Å². The van der Waals surface area contributed by atoms with Crippen LogP contribution in [0.5, 0.6) is 0 Å². The van der Waals surface area contributed by atoms with Crippen molar-refractivity contribution < 1.29 is 4.79 Å². The molecule has 1 aromatic rings. The summed E-state index contributed by atoms with van der Waals surface area (Å²) in [7, 11) is 1.80. The van der Waals surface area contributed by atoms with E-state index in [1.54, 1.807) is 11.9 Å². The summed E-state index contributed by atoms with van der Waals surface area (Å²) in [5.41, 5.74) is 7.47. The number of nitrogens with two attached hydrogens (primary N) is 1. The molecule has 0 saturated heterocycles. The SMILES string of the molecule is CN(C(=O)C1C(C)(C)C1(C)C)c1ccccc1N. The zero-order chi connectivity index (χ0) is 13.7. The predicted octanol–water partition coefficient (Wildman–Crippen LogP) is 2.91. The lowest BCUT2D eigenvalue weighted by molar-refractivity contribution is -0.120. The third-order valence-corrected chi connectivity index (χ3v) is 4.90. The number of rotatable bonds is 2. The molecule has 2 N–H and O–H groups in total. The Labute approximate surface area is 109 Å². The van der Waals surface area contributed by atoms with Gasteiger partial charge in [0.05, 0.1) is 11.4 Å². The molecule has 98 valence electrons. The largest absolute Gasteiger partial charge is 0.397 e. The zero-order valence-electron chi connectivity index (χ0n) is 11.8. The van der Waals surface area contributed by atoms with Gasteiger partial charge in [-0.1, -0.05) is 39.8 Å². The first-order valence-electron chi connectivity index (χ1n) is 6.33. The average Bonchev–Trinajstić information content (AvgIpc) is 2.68. The van der Waals surface area contributed by atoms with Crippen molar-refractivity contribution in [2.75, 3.05) is 17.7 Å². The summed E-state index contributed by atoms with van der Waals surface area (Å²) in [5.74, 6) is 0.220. The highest BCUT2D eigenvalue weighted by Gasteiger charge is 2.68. The Hall–Kier alpha value is -1.51. The molecule has 1 aliphatic rings. The van der Waals surface area contributed by atoms with Crippen molar-refractivity contribution in [3.8, 4) is 0 Å². The van der Waals surface area contributed by atoms with Gasteiger partial charge in [-0.2, -0.15) is 0 Å². The fourth-order valence-electron chi connectivity index (χ4n) is 2.92. The van der Waals surface area contributed by atoms with Gasteiger partial charge in [-0.15, -0.1) is 0 Å². The molecule has 1 aliphatic carbocycles. The van der Waals surface area contributed by atoms with Crippen LogP contribution >= 0.6 is 0 Å². The number of nitrogen functional groups attached to an aromatic ring is 1. The number of benzene rings is 1. The van der Waals surface area contributed by atoms with Crippen molar-refractivity contribution in [1.29, 1.82) is 0 Å². The molecule has 0 spiro atoms. The number of nitrogens with zero attached hydrogens (tertiary/aromatic N) is 1. The Morgan fingerprint density at radius 1 is 1.17 bits per heavy atom. The van der Waals surface area contributed by atoms with E-state index in [2.05, 4.69) is 27.7 Å². The van der Waals surface area contributed by atoms with E-state index in [1.807, 2.05) is 24.3 Å². The summed E-state index contributed by atoms with van der Waals surface area (Å²) in [6, 6.07) is 7.48. The minimum atomic E-state index is 0.0574. The van der Waals surface area contributed by atoms with Gasteiger partial charge in [0.15, 0.2) is 0 Å². The fraction of sp³-hybridized carbons (Fsp3) is 0.533. The topological polar surface area (TPSA) is 46.3 Å². The summed E-state index contributed by atoms with van der Waals surface area (Å²) in [4.78, 5) is 14.3. The number of carbonyl (C=O) groups excluding carboxylic acids is 1. The van der Waals surface area contributed by atoms with E-state index < -0.39 is 0 Å². The normalized spacial score (nSPS) is 20.5. The molecular formula is C15H22N2O. The molecule has 3 heteroatoms. The van der Waals surface area contributed by atoms with Crippen LogP contribution in [0.3, 0.4) is 0 Å². The van der Waals surface area contributed by atoms with Crippen LogP contribution in [0.2, 0.25) is 0 Å². The van der Waals surface area contributed by atoms with E-state index in [-0.39, 0.29) is 22.7 Å². The van der Waals surface area contributed by atoms with E-state index in [0.717, 1.165) is 5.69 Å². The second-order valence-corrected chi connectivity index (χ2v) is 6.33. The summed E-state index contributed by atoms with van der Waals surface area (Å²) in [6.45, 7) is 8.60. The molecule has 0 radical (unpaired) electrons. The van der Waals surface area contributed by atoms with Crippen molar-refractivity contribution in [3.63, 3.8) is 0 Å². The van der Waals surface area contributed by atoms with Gasteiger partial charge < -0.3 is 10.6 Å². The number of carbonyl (C=O) groups is 1. The lowest BCUT2D eigenvalue weighted by atomic mass is 10.0. The average molecular weight is 246 g/mol. The van der Waals surface area contributed by atoms with E-state index in [1.165, 1.54) is 0 Å². The smallest absolute Gasteiger partial charge is 0.231 e. The monoisotopic (exact) mass is 246 g/mol. The van der Waals surface area contributed by atoms with Crippen LogP contribution in [0.15, 0.2) is 24.3 Å². The van der Waals surface area contributed by atoms with Gasteiger partial charge in [-0.05, 0) is 23.0 Å². The molecule has 3 nitrogen and oxygen atoms in total. The van der Waals surface area contributed by atoms with Gasteiger partial charge in [0, 0.05) is 13.0 Å². The second-order valence-electron chi connectivity index (χ2n) is 6.33. The first-order chi connectivity index (χ1) is 8.21. The van der Waals surface area contributed by atoms with Gasteiger partial charge in [0.25, 0.3) is 0 Å². The number of para-hydroxylation sites is 2. The number of hydrogen-bond acceptors (Lipinski definition) is 2. The standard InChI is InChI=1S/C15H22N2O/c1-14(2)12(15(14,3)4)13(18)17(5)11-9-7-6-8-10(11)16/h6-9,12H,16H2,1-5H3. The van der Waals surface area contributed by atoms with Crippen molar-refractivity contribution in [3.05, 3.63) is 24.3 Å². The first kappa shape index (κ1) is 12.9. The number of amides is 1. The first-order valence-corrected chi connectivity index (χ1v) is 6.33. The summed E-state index contributed by atoms with van der Waals surface area (Å²) < 4.78 is 0. The third-order valence-electron chi connectivity index (χ3n) is 4.90. The molecule has 2 rings (SSSR count). The van der Waals surface area contributed by atoms with Gasteiger partial charge in [0.1, 0.15) is 0 Å². The molecule has 0 aromatic heterocycles. The summed E-state index contributed by atoms with van der Waals surface area (Å²) in [5, 5.41) is 0. The lowest BCUT2D eigenvalue weighted by Crippen LogP contribution is -2.30. The molecular weight excluding hydrogens is 224 g/mol. The minimum Gasteiger partial charge on any atom is -0.397 e. The molecule has 1 amide bonds. The van der Waals surface area contributed by atoms with Crippen molar-refractivity contribution in [1.82, 2.24) is 0 Å². The van der Waals surface area contributed by atoms with Crippen LogP contribution in [0.25, 0.3) is 0 Å². The summed E-state index contributed by atoms with van der Waals surface area (Å²) >= 11 is 0. The molecule has 0 heterocycles. The Morgan fingerprint density at radius 3 is 2.11 bits per heavy atom. The quantitative estimate of drug-likeness (QED) is 0.816. The Morgan fingerprint density at radius 2 is 1.67 bits per heavy atom. The van der Waals surface area contributed by atoms with E-state index in [0.29, 0.717) is 5.69 Å². The van der Waals surface area contributed by atoms with Gasteiger partial charge in [0.2, 0.25) is 5.91 Å². The van der Waals surface area contributed by atoms with Crippen molar-refractivity contribution >= 4 is 17.3 Å². The van der Waals surface area contributed by atoms with E-state index in [9.17, 15) is 4.79 Å². The number of anilines is 2. The fourth-order valence-corrected chi connectivity index (χ4v) is 2.92. The lowest BCUT2D eigenvalue weighted by Gasteiger charge is -2.20. The summed E-state index contributed by atoms with van der Waals surface area (Å²) in [6.07, 6.45) is 0. The van der Waals surface area contributed by atoms with Gasteiger partial charge in [-0.3, -0.25) is 4.79 Å². The molecule has 0 bridgehead atoms. The Bertz CT molecular complexity index is 477. The maximum absolute atomic E-state index is 12.6. The van der Waals surface area contributed by atoms with E-state index >= 15 is 0 Å². The maximum atomic E-state index is 12.6. The van der Waals surface area contributed by atoms with Crippen LogP contribution < -0.4 is 10.6 Å². The van der Waals surface area contributed by atoms with Crippen LogP contribution in [-0.4, -0.2) is 13.0 Å². The molecule has 1 saturated carbocycles. The Kier molecular flexibility index (Phi) is 2.69. The minimum absolute atomic E-state index is 0.0574. The third kappa shape index (κ3) is 1.61. The highest BCUT2D eigenvalue weighted by atomic mass is 16.2. The highest BCUT2D eigenvalue weighted by molar-refractivity contribution is 6.00. The molecule has 18 heavy (non-hydrogen) atoms. The molecule has 0 atom stereocenters.